The minimum absolute atomic E-state index is 0.129. The maximum atomic E-state index is 11.5. The number of amidine groups is 1. The maximum Gasteiger partial charge on any atom is 0.481 e. The number of imidazole rings is 1. The molecule has 15 nitrogen and oxygen atoms in total. The Labute approximate surface area is 156 Å². The van der Waals surface area contributed by atoms with Crippen molar-refractivity contribution in [2.45, 2.75) is 30.7 Å². The molecule has 4 rings (SSSR count). The molecule has 3 aliphatic heterocycles. The van der Waals surface area contributed by atoms with Crippen LogP contribution in [-0.4, -0.2) is 77.9 Å². The second-order valence-electron chi connectivity index (χ2n) is 6.35. The molecule has 28 heavy (non-hydrogen) atoms. The van der Waals surface area contributed by atoms with Crippen LogP contribution in [0.4, 0.5) is 5.82 Å². The molecule has 0 amide bonds. The zero-order valence-corrected chi connectivity index (χ0v) is 15.7. The molecule has 2 fully saturated rings. The first-order valence-electron chi connectivity index (χ1n) is 7.90. The number of nitrogens with two attached hydrogens (primary N) is 1. The first-order chi connectivity index (χ1) is 13.0. The number of aliphatic hydroxyl groups is 2. The number of phosphoric ester groups is 1. The molecular formula is C11H17N5O10P2. The Kier molecular flexibility index (Phi) is 4.67. The van der Waals surface area contributed by atoms with Crippen LogP contribution in [0.3, 0.4) is 0 Å². The van der Waals surface area contributed by atoms with Gasteiger partial charge < -0.3 is 40.3 Å². The molecule has 3 aliphatic rings. The number of aliphatic hydroxyl groups excluding tert-OH is 2. The predicted octanol–water partition coefficient (Wildman–Crippen LogP) is -2.41. The highest BCUT2D eigenvalue weighted by atomic mass is 31.3. The van der Waals surface area contributed by atoms with Crippen LogP contribution in [0.15, 0.2) is 11.3 Å². The summed E-state index contributed by atoms with van der Waals surface area (Å²) in [6.45, 7) is -0.181. The summed E-state index contributed by atoms with van der Waals surface area (Å²) in [5, 5.41) is 20.5. The molecule has 0 radical (unpaired) electrons. The predicted molar refractivity (Wildman–Crippen MR) is 88.9 cm³/mol. The molecule has 4 heterocycles. The number of hydrogen-bond donors (Lipinski definition) is 6. The molecule has 1 aromatic rings. The average molecular weight is 441 g/mol. The molecule has 7 N–H and O–H groups in total. The molecule has 156 valence electrons. The second kappa shape index (κ2) is 6.57. The number of rotatable bonds is 6. The number of aromatic nitrogens is 2. The van der Waals surface area contributed by atoms with E-state index in [9.17, 15) is 24.2 Å². The molecule has 1 unspecified atom stereocenters. The molecule has 0 saturated carbocycles. The lowest BCUT2D eigenvalue weighted by atomic mass is 10.1. The van der Waals surface area contributed by atoms with Gasteiger partial charge in [-0.05, 0) is 0 Å². The van der Waals surface area contributed by atoms with Crippen LogP contribution < -0.4 is 10.6 Å². The first kappa shape index (κ1) is 19.9. The van der Waals surface area contributed by atoms with E-state index < -0.39 is 46.8 Å². The topological polar surface area (TPSA) is 222 Å². The van der Waals surface area contributed by atoms with Crippen LogP contribution in [0.1, 0.15) is 11.9 Å². The standard InChI is InChI=1S/C11H17N5O10P2/c12-9-6-10(15-1-5(15)14-9)16(3-13-6)11-8(18)7(17)4(25-11)2-24-28(22,23)26-27(19,20)21/h3-5,7-8,11,17-18H,1-2H2,(H2,12,14)(H,22,23)(H2,19,20,21)/t4-,5-,7-,8-,11-,15?/m1/s1. The minimum atomic E-state index is -5.28. The fourth-order valence-corrected chi connectivity index (χ4v) is 4.72. The third-order valence-corrected chi connectivity index (χ3v) is 6.53. The van der Waals surface area contributed by atoms with E-state index in [2.05, 4.69) is 18.8 Å². The Morgan fingerprint density at radius 1 is 1.29 bits per heavy atom. The van der Waals surface area contributed by atoms with E-state index in [1.165, 1.54) is 10.9 Å². The van der Waals surface area contributed by atoms with Crippen molar-refractivity contribution >= 4 is 27.3 Å². The fraction of sp³-hybridized carbons (Fsp3) is 0.636. The number of anilines is 1. The van der Waals surface area contributed by atoms with Gasteiger partial charge in [-0.25, -0.2) is 19.1 Å². The van der Waals surface area contributed by atoms with Gasteiger partial charge in [0.1, 0.15) is 36.0 Å². The van der Waals surface area contributed by atoms with Gasteiger partial charge >= 0.3 is 15.6 Å². The Bertz CT molecular complexity index is 916. The Hall–Kier alpha value is -1.38. The molecule has 1 aromatic heterocycles. The smallest absolute Gasteiger partial charge is 0.387 e. The van der Waals surface area contributed by atoms with Gasteiger partial charge in [0.05, 0.1) is 19.5 Å². The Balaban J connectivity index is 1.48. The molecule has 17 heteroatoms. The summed E-state index contributed by atoms with van der Waals surface area (Å²) < 4.78 is 37.3. The monoisotopic (exact) mass is 441 g/mol. The zero-order chi connectivity index (χ0) is 20.4. The summed E-state index contributed by atoms with van der Waals surface area (Å²) in [6, 6.07) is 0. The van der Waals surface area contributed by atoms with Gasteiger partial charge in [-0.1, -0.05) is 0 Å². The van der Waals surface area contributed by atoms with Gasteiger partial charge in [-0.3, -0.25) is 9.09 Å². The number of aliphatic imine (C=N–C) groups is 1. The fourth-order valence-electron chi connectivity index (χ4n) is 3.12. The third kappa shape index (κ3) is 3.62. The number of hydrogen-bond acceptors (Lipinski definition) is 11. The van der Waals surface area contributed by atoms with Crippen molar-refractivity contribution in [1.29, 1.82) is 0 Å². The summed E-state index contributed by atoms with van der Waals surface area (Å²) in [4.78, 5) is 36.7. The first-order valence-corrected chi connectivity index (χ1v) is 10.9. The lowest BCUT2D eigenvalue weighted by molar-refractivity contribution is -0.0512. The quantitative estimate of drug-likeness (QED) is 0.200. The van der Waals surface area contributed by atoms with Crippen molar-refractivity contribution < 1.29 is 47.6 Å². The van der Waals surface area contributed by atoms with Crippen molar-refractivity contribution in [3.63, 3.8) is 0 Å². The number of ether oxygens (including phenoxy) is 1. The summed E-state index contributed by atoms with van der Waals surface area (Å²) in [5.74, 6) is 0.782. The molecule has 6 atom stereocenters. The molecule has 0 aliphatic carbocycles. The van der Waals surface area contributed by atoms with Gasteiger partial charge in [0.25, 0.3) is 0 Å². The van der Waals surface area contributed by atoms with Crippen LogP contribution in [0.5, 0.6) is 0 Å². The maximum absolute atomic E-state index is 11.5. The van der Waals surface area contributed by atoms with Crippen molar-refractivity contribution in [2.75, 3.05) is 18.1 Å². The van der Waals surface area contributed by atoms with E-state index in [0.29, 0.717) is 18.1 Å². The third-order valence-electron chi connectivity index (χ3n) is 4.38. The number of phosphoric acid groups is 2. The number of fused-ring (bicyclic) bond motifs is 3. The minimum Gasteiger partial charge on any atom is -0.387 e. The zero-order valence-electron chi connectivity index (χ0n) is 13.9. The van der Waals surface area contributed by atoms with Gasteiger partial charge in [-0.2, -0.15) is 4.31 Å². The van der Waals surface area contributed by atoms with E-state index in [4.69, 9.17) is 20.3 Å². The molecule has 0 bridgehead atoms. The molecule has 0 spiro atoms. The van der Waals surface area contributed by atoms with Gasteiger partial charge in [-0.15, -0.1) is 0 Å². The van der Waals surface area contributed by atoms with Gasteiger partial charge in [0, 0.05) is 0 Å². The van der Waals surface area contributed by atoms with E-state index in [1.54, 1.807) is 0 Å². The number of nitrogens with zero attached hydrogens (tertiary/aromatic N) is 4. The van der Waals surface area contributed by atoms with Crippen LogP contribution in [0.2, 0.25) is 0 Å². The second-order valence-corrected chi connectivity index (χ2v) is 9.18. The van der Waals surface area contributed by atoms with E-state index >= 15 is 0 Å². The SMILES string of the molecule is NC1=N[C@H]2CN2c2c1ncn2[C@@H]1O[C@H](COP(=O)(O)OP(=O)(O)O)[C@@H](O)[C@H]1O. The molecular weight excluding hydrogens is 424 g/mol. The summed E-state index contributed by atoms with van der Waals surface area (Å²) in [6.07, 6.45) is -4.17. The van der Waals surface area contributed by atoms with Crippen molar-refractivity contribution in [3.8, 4) is 0 Å². The molecule has 2 saturated heterocycles. The van der Waals surface area contributed by atoms with Crippen LogP contribution in [-0.2, 0) is 22.7 Å². The van der Waals surface area contributed by atoms with Gasteiger partial charge in [0.2, 0.25) is 0 Å². The highest BCUT2D eigenvalue weighted by molar-refractivity contribution is 7.60. The van der Waals surface area contributed by atoms with Crippen molar-refractivity contribution in [1.82, 2.24) is 9.55 Å². The highest BCUT2D eigenvalue weighted by Gasteiger charge is 2.49. The van der Waals surface area contributed by atoms with E-state index in [-0.39, 0.29) is 12.0 Å². The Morgan fingerprint density at radius 3 is 2.68 bits per heavy atom. The largest absolute Gasteiger partial charge is 0.481 e. The van der Waals surface area contributed by atoms with Crippen molar-refractivity contribution in [2.24, 2.45) is 10.7 Å². The van der Waals surface area contributed by atoms with Gasteiger partial charge in [0.15, 0.2) is 12.1 Å². The average Bonchev–Trinajstić information content (AvgIpc) is 3.09. The summed E-state index contributed by atoms with van der Waals surface area (Å²) in [7, 11) is -10.4. The normalized spacial score (nSPS) is 33.8. The highest BCUT2D eigenvalue weighted by Crippen LogP contribution is 2.57. The Morgan fingerprint density at radius 2 is 2.00 bits per heavy atom. The van der Waals surface area contributed by atoms with E-state index in [0.717, 1.165) is 0 Å². The summed E-state index contributed by atoms with van der Waals surface area (Å²) in [5.41, 5.74) is 6.25. The van der Waals surface area contributed by atoms with E-state index in [1.807, 2.05) is 4.90 Å². The molecule has 0 aromatic carbocycles. The van der Waals surface area contributed by atoms with Crippen molar-refractivity contribution in [3.05, 3.63) is 12.0 Å². The summed E-state index contributed by atoms with van der Waals surface area (Å²) >= 11 is 0. The van der Waals surface area contributed by atoms with Crippen LogP contribution in [0, 0.1) is 0 Å². The van der Waals surface area contributed by atoms with Crippen LogP contribution >= 0.6 is 15.6 Å². The lowest BCUT2D eigenvalue weighted by Crippen LogP contribution is -2.34. The van der Waals surface area contributed by atoms with Crippen LogP contribution in [0.25, 0.3) is 0 Å². The lowest BCUT2D eigenvalue weighted by Gasteiger charge is -2.21.